The van der Waals surface area contributed by atoms with Crippen LogP contribution in [-0.2, 0) is 7.05 Å². The highest BCUT2D eigenvalue weighted by molar-refractivity contribution is 6.03. The number of aliphatic hydroxyl groups is 1. The molecule has 102 valence electrons. The number of nitrogens with zero attached hydrogens (tertiary/aromatic N) is 3. The minimum Gasteiger partial charge on any atom is -0.478 e. The Kier molecular flexibility index (Phi) is 3.66. The fourth-order valence-corrected chi connectivity index (χ4v) is 1.85. The number of carboxylic acid groups (broad SMARTS) is 1. The van der Waals surface area contributed by atoms with Gasteiger partial charge in [-0.15, -0.1) is 0 Å². The van der Waals surface area contributed by atoms with E-state index in [0.29, 0.717) is 29.7 Å². The largest absolute Gasteiger partial charge is 0.478 e. The Bertz CT molecular complexity index is 606. The summed E-state index contributed by atoms with van der Waals surface area (Å²) in [4.78, 5) is 15.3. The van der Waals surface area contributed by atoms with Crippen LogP contribution < -0.4 is 5.32 Å². The zero-order valence-corrected chi connectivity index (χ0v) is 10.8. The molecule has 0 amide bonds. The summed E-state index contributed by atoms with van der Waals surface area (Å²) in [6.07, 6.45) is 2.99. The van der Waals surface area contributed by atoms with E-state index in [0.717, 1.165) is 0 Å². The van der Waals surface area contributed by atoms with Crippen molar-refractivity contribution in [1.29, 1.82) is 0 Å². The predicted molar refractivity (Wildman–Crippen MR) is 70.3 cm³/mol. The van der Waals surface area contributed by atoms with E-state index >= 15 is 0 Å². The number of aromatic nitrogens is 3. The number of aliphatic hydroxyl groups excluding tert-OH is 1. The van der Waals surface area contributed by atoms with Crippen LogP contribution in [0.2, 0.25) is 0 Å². The topological polar surface area (TPSA) is 100 Å². The third kappa shape index (κ3) is 2.65. The summed E-state index contributed by atoms with van der Waals surface area (Å²) in [6.45, 7) is 2.16. The van der Waals surface area contributed by atoms with Crippen LogP contribution in [0.1, 0.15) is 23.7 Å². The Morgan fingerprint density at radius 3 is 2.89 bits per heavy atom. The molecule has 1 unspecified atom stereocenters. The molecule has 0 aliphatic heterocycles. The summed E-state index contributed by atoms with van der Waals surface area (Å²) in [6, 6.07) is 0. The van der Waals surface area contributed by atoms with Crippen molar-refractivity contribution >= 4 is 22.7 Å². The minimum atomic E-state index is -1.04. The van der Waals surface area contributed by atoms with Crippen molar-refractivity contribution in [1.82, 2.24) is 14.8 Å². The third-order valence-corrected chi connectivity index (χ3v) is 2.86. The maximum absolute atomic E-state index is 11.2. The van der Waals surface area contributed by atoms with Crippen LogP contribution in [0.25, 0.3) is 11.0 Å². The smallest absolute Gasteiger partial charge is 0.339 e. The van der Waals surface area contributed by atoms with Crippen LogP contribution >= 0.6 is 0 Å². The molecule has 0 fully saturated rings. The maximum Gasteiger partial charge on any atom is 0.339 e. The number of aryl methyl sites for hydroxylation is 1. The fourth-order valence-electron chi connectivity index (χ4n) is 1.85. The molecular weight excluding hydrogens is 248 g/mol. The van der Waals surface area contributed by atoms with Crippen molar-refractivity contribution in [2.24, 2.45) is 7.05 Å². The van der Waals surface area contributed by atoms with Crippen molar-refractivity contribution in [3.63, 3.8) is 0 Å². The molecule has 0 radical (unpaired) electrons. The van der Waals surface area contributed by atoms with Crippen LogP contribution in [-0.4, -0.2) is 43.6 Å². The normalized spacial score (nSPS) is 12.6. The molecule has 2 aromatic heterocycles. The molecule has 19 heavy (non-hydrogen) atoms. The zero-order valence-electron chi connectivity index (χ0n) is 10.8. The molecule has 1 atom stereocenters. The second kappa shape index (κ2) is 5.23. The van der Waals surface area contributed by atoms with Crippen molar-refractivity contribution in [3.8, 4) is 0 Å². The number of carboxylic acids is 1. The predicted octanol–water partition coefficient (Wildman–Crippen LogP) is 0.849. The molecule has 7 heteroatoms. The summed E-state index contributed by atoms with van der Waals surface area (Å²) in [5, 5.41) is 26.2. The van der Waals surface area contributed by atoms with Gasteiger partial charge in [0.25, 0.3) is 0 Å². The SMILES string of the molecule is CC(O)CCNc1c(C(=O)O)cnc2c1cnn2C. The van der Waals surface area contributed by atoms with Gasteiger partial charge in [0.15, 0.2) is 5.65 Å². The van der Waals surface area contributed by atoms with Gasteiger partial charge in [0, 0.05) is 19.8 Å². The van der Waals surface area contributed by atoms with Gasteiger partial charge in [-0.05, 0) is 13.3 Å². The summed E-state index contributed by atoms with van der Waals surface area (Å²) in [7, 11) is 1.75. The Balaban J connectivity index is 2.41. The monoisotopic (exact) mass is 264 g/mol. The summed E-state index contributed by atoms with van der Waals surface area (Å²) in [5.41, 5.74) is 1.21. The number of carbonyl (C=O) groups is 1. The van der Waals surface area contributed by atoms with E-state index in [2.05, 4.69) is 15.4 Å². The lowest BCUT2D eigenvalue weighted by molar-refractivity contribution is 0.0697. The van der Waals surface area contributed by atoms with Gasteiger partial charge in [-0.25, -0.2) is 9.78 Å². The Hall–Kier alpha value is -2.15. The van der Waals surface area contributed by atoms with Crippen molar-refractivity contribution in [2.75, 3.05) is 11.9 Å². The lowest BCUT2D eigenvalue weighted by atomic mass is 10.1. The van der Waals surface area contributed by atoms with E-state index < -0.39 is 12.1 Å². The van der Waals surface area contributed by atoms with Crippen LogP contribution in [0.15, 0.2) is 12.4 Å². The van der Waals surface area contributed by atoms with Gasteiger partial charge in [-0.1, -0.05) is 0 Å². The van der Waals surface area contributed by atoms with Gasteiger partial charge in [0.1, 0.15) is 5.56 Å². The summed E-state index contributed by atoms with van der Waals surface area (Å²) < 4.78 is 1.58. The number of aromatic carboxylic acids is 1. The first kappa shape index (κ1) is 13.3. The summed E-state index contributed by atoms with van der Waals surface area (Å²) >= 11 is 0. The maximum atomic E-state index is 11.2. The van der Waals surface area contributed by atoms with Crippen LogP contribution in [0.4, 0.5) is 5.69 Å². The highest BCUT2D eigenvalue weighted by atomic mass is 16.4. The Labute approximate surface area is 109 Å². The van der Waals surface area contributed by atoms with Gasteiger partial charge in [0.2, 0.25) is 0 Å². The van der Waals surface area contributed by atoms with Gasteiger partial charge in [0.05, 0.1) is 23.4 Å². The van der Waals surface area contributed by atoms with Gasteiger partial charge < -0.3 is 15.5 Å². The van der Waals surface area contributed by atoms with Gasteiger partial charge >= 0.3 is 5.97 Å². The summed E-state index contributed by atoms with van der Waals surface area (Å²) in [5.74, 6) is -1.04. The molecule has 0 bridgehead atoms. The standard InChI is InChI=1S/C12H16N4O3/c1-7(17)3-4-13-10-8-6-15-16(2)11(8)14-5-9(10)12(18)19/h5-7,17H,3-4H2,1-2H3,(H,13,14)(H,18,19). The number of fused-ring (bicyclic) bond motifs is 1. The molecule has 3 N–H and O–H groups in total. The molecule has 0 saturated heterocycles. The zero-order chi connectivity index (χ0) is 14.0. The average molecular weight is 264 g/mol. The van der Waals surface area contributed by atoms with Crippen molar-refractivity contribution in [3.05, 3.63) is 18.0 Å². The molecule has 0 spiro atoms. The molecule has 0 aliphatic rings. The second-order valence-corrected chi connectivity index (χ2v) is 4.42. The molecule has 7 nitrogen and oxygen atoms in total. The number of nitrogens with one attached hydrogen (secondary N) is 1. The lowest BCUT2D eigenvalue weighted by Crippen LogP contribution is -2.13. The Morgan fingerprint density at radius 1 is 1.53 bits per heavy atom. The van der Waals surface area contributed by atoms with E-state index in [9.17, 15) is 15.0 Å². The second-order valence-electron chi connectivity index (χ2n) is 4.42. The lowest BCUT2D eigenvalue weighted by Gasteiger charge is -2.11. The minimum absolute atomic E-state index is 0.103. The average Bonchev–Trinajstić information content (AvgIpc) is 2.71. The molecule has 0 aromatic carbocycles. The van der Waals surface area contributed by atoms with Crippen LogP contribution in [0, 0.1) is 0 Å². The van der Waals surface area contributed by atoms with Crippen LogP contribution in [0.5, 0.6) is 0 Å². The molecule has 0 saturated carbocycles. The molecule has 2 heterocycles. The first-order chi connectivity index (χ1) is 9.00. The number of hydrogen-bond acceptors (Lipinski definition) is 5. The van der Waals surface area contributed by atoms with Crippen LogP contribution in [0.3, 0.4) is 0 Å². The first-order valence-electron chi connectivity index (χ1n) is 5.96. The quantitative estimate of drug-likeness (QED) is 0.740. The number of hydrogen-bond donors (Lipinski definition) is 3. The van der Waals surface area contributed by atoms with E-state index in [1.807, 2.05) is 0 Å². The van der Waals surface area contributed by atoms with Crippen molar-refractivity contribution < 1.29 is 15.0 Å². The highest BCUT2D eigenvalue weighted by Gasteiger charge is 2.16. The fraction of sp³-hybridized carbons (Fsp3) is 0.417. The van der Waals surface area contributed by atoms with Crippen molar-refractivity contribution in [2.45, 2.75) is 19.4 Å². The number of rotatable bonds is 5. The van der Waals surface area contributed by atoms with E-state index in [-0.39, 0.29) is 5.56 Å². The third-order valence-electron chi connectivity index (χ3n) is 2.86. The van der Waals surface area contributed by atoms with E-state index in [4.69, 9.17) is 0 Å². The van der Waals surface area contributed by atoms with Gasteiger partial charge in [-0.2, -0.15) is 5.10 Å². The number of pyridine rings is 1. The molecule has 2 aromatic rings. The molecule has 0 aliphatic carbocycles. The van der Waals surface area contributed by atoms with Gasteiger partial charge in [-0.3, -0.25) is 4.68 Å². The molecular formula is C12H16N4O3. The van der Waals surface area contributed by atoms with E-state index in [1.165, 1.54) is 6.20 Å². The highest BCUT2D eigenvalue weighted by Crippen LogP contribution is 2.25. The first-order valence-corrected chi connectivity index (χ1v) is 5.96. The Morgan fingerprint density at radius 2 is 2.26 bits per heavy atom. The number of anilines is 1. The molecule has 2 rings (SSSR count). The van der Waals surface area contributed by atoms with E-state index in [1.54, 1.807) is 24.9 Å².